The lowest BCUT2D eigenvalue weighted by Gasteiger charge is -2.10. The zero-order valence-corrected chi connectivity index (χ0v) is 11.1. The summed E-state index contributed by atoms with van der Waals surface area (Å²) in [4.78, 5) is 6.78. The van der Waals surface area contributed by atoms with Crippen LogP contribution in [0, 0.1) is 0 Å². The molecule has 1 heterocycles. The Balaban J connectivity index is 2.24. The number of anilines is 1. The van der Waals surface area contributed by atoms with E-state index in [-0.39, 0.29) is 17.2 Å². The third-order valence-electron chi connectivity index (χ3n) is 2.46. The lowest BCUT2D eigenvalue weighted by Crippen LogP contribution is -2.24. The van der Waals surface area contributed by atoms with Crippen LogP contribution in [0.3, 0.4) is 0 Å². The molecule has 0 saturated carbocycles. The van der Waals surface area contributed by atoms with Crippen molar-refractivity contribution in [2.45, 2.75) is 11.4 Å². The molecule has 0 aliphatic rings. The van der Waals surface area contributed by atoms with Crippen LogP contribution >= 0.6 is 0 Å². The van der Waals surface area contributed by atoms with Gasteiger partial charge in [-0.25, -0.2) is 18.1 Å². The van der Waals surface area contributed by atoms with Gasteiger partial charge in [-0.1, -0.05) is 0 Å². The second-order valence-corrected chi connectivity index (χ2v) is 5.51. The molecule has 0 bridgehead atoms. The van der Waals surface area contributed by atoms with Crippen LogP contribution in [0.4, 0.5) is 5.69 Å². The highest BCUT2D eigenvalue weighted by Crippen LogP contribution is 2.25. The van der Waals surface area contributed by atoms with Gasteiger partial charge < -0.3 is 15.5 Å². The van der Waals surface area contributed by atoms with Crippen molar-refractivity contribution >= 4 is 15.7 Å². The van der Waals surface area contributed by atoms with E-state index >= 15 is 0 Å². The first-order valence-electron chi connectivity index (χ1n) is 5.44. The Morgan fingerprint density at radius 2 is 2.26 bits per heavy atom. The van der Waals surface area contributed by atoms with Gasteiger partial charge >= 0.3 is 0 Å². The molecule has 0 saturated heterocycles. The molecular weight excluding hydrogens is 268 g/mol. The number of hydrogen-bond acceptors (Lipinski definition) is 5. The van der Waals surface area contributed by atoms with E-state index in [1.54, 1.807) is 12.4 Å². The first-order valence-corrected chi connectivity index (χ1v) is 6.92. The molecule has 1 aromatic carbocycles. The third kappa shape index (κ3) is 3.04. The molecule has 0 aliphatic heterocycles. The summed E-state index contributed by atoms with van der Waals surface area (Å²) in [6, 6.07) is 4.37. The van der Waals surface area contributed by atoms with Gasteiger partial charge in [0.15, 0.2) is 0 Å². The van der Waals surface area contributed by atoms with Gasteiger partial charge in [0.25, 0.3) is 0 Å². The second-order valence-electron chi connectivity index (χ2n) is 3.77. The summed E-state index contributed by atoms with van der Waals surface area (Å²) in [5.41, 5.74) is 6.02. The number of nitrogens with two attached hydrogens (primary N) is 1. The van der Waals surface area contributed by atoms with Crippen molar-refractivity contribution in [1.82, 2.24) is 14.7 Å². The number of imidazole rings is 1. The van der Waals surface area contributed by atoms with Crippen molar-refractivity contribution < 1.29 is 13.2 Å². The minimum absolute atomic E-state index is 0.0377. The highest BCUT2D eigenvalue weighted by molar-refractivity contribution is 7.89. The van der Waals surface area contributed by atoms with Gasteiger partial charge in [-0.3, -0.25) is 0 Å². The number of aromatic amines is 1. The zero-order chi connectivity index (χ0) is 13.9. The number of nitrogens with one attached hydrogen (secondary N) is 2. The van der Waals surface area contributed by atoms with Crippen molar-refractivity contribution in [2.24, 2.45) is 0 Å². The Kier molecular flexibility index (Phi) is 3.72. The normalized spacial score (nSPS) is 11.4. The van der Waals surface area contributed by atoms with E-state index < -0.39 is 10.0 Å². The number of H-pyrrole nitrogens is 1. The van der Waals surface area contributed by atoms with Crippen LogP contribution in [-0.4, -0.2) is 25.5 Å². The molecule has 4 N–H and O–H groups in total. The quantitative estimate of drug-likeness (QED) is 0.691. The smallest absolute Gasteiger partial charge is 0.244 e. The van der Waals surface area contributed by atoms with E-state index in [0.717, 1.165) is 0 Å². The fourth-order valence-electron chi connectivity index (χ4n) is 1.54. The molecule has 102 valence electrons. The summed E-state index contributed by atoms with van der Waals surface area (Å²) in [6.07, 6.45) is 3.17. The van der Waals surface area contributed by atoms with Gasteiger partial charge in [0.2, 0.25) is 10.0 Å². The van der Waals surface area contributed by atoms with Crippen LogP contribution in [-0.2, 0) is 16.6 Å². The van der Waals surface area contributed by atoms with Gasteiger partial charge in [-0.15, -0.1) is 0 Å². The first kappa shape index (κ1) is 13.4. The molecule has 2 rings (SSSR count). The largest absolute Gasteiger partial charge is 0.495 e. The minimum atomic E-state index is -3.69. The number of rotatable bonds is 5. The van der Waals surface area contributed by atoms with Crippen LogP contribution in [0.25, 0.3) is 0 Å². The van der Waals surface area contributed by atoms with Crippen LogP contribution in [0.15, 0.2) is 35.5 Å². The molecule has 1 aromatic heterocycles. The van der Waals surface area contributed by atoms with Crippen molar-refractivity contribution in [3.8, 4) is 5.75 Å². The van der Waals surface area contributed by atoms with Crippen molar-refractivity contribution in [3.63, 3.8) is 0 Å². The number of nitrogen functional groups attached to an aromatic ring is 1. The molecule has 8 heteroatoms. The van der Waals surface area contributed by atoms with Crippen LogP contribution < -0.4 is 15.2 Å². The lowest BCUT2D eigenvalue weighted by molar-refractivity contribution is 0.402. The molecule has 0 amide bonds. The van der Waals surface area contributed by atoms with E-state index in [2.05, 4.69) is 14.7 Å². The second kappa shape index (κ2) is 5.29. The van der Waals surface area contributed by atoms with E-state index in [0.29, 0.717) is 11.5 Å². The van der Waals surface area contributed by atoms with Crippen molar-refractivity contribution in [2.75, 3.05) is 12.8 Å². The monoisotopic (exact) mass is 282 g/mol. The summed E-state index contributed by atoms with van der Waals surface area (Å²) >= 11 is 0. The Hall–Kier alpha value is -2.06. The summed E-state index contributed by atoms with van der Waals surface area (Å²) in [5.74, 6) is 0.727. The number of hydrogen-bond donors (Lipinski definition) is 3. The van der Waals surface area contributed by atoms with E-state index in [1.807, 2.05) is 0 Å². The number of methoxy groups -OCH3 is 1. The van der Waals surface area contributed by atoms with Crippen LogP contribution in [0.5, 0.6) is 5.75 Å². The fourth-order valence-corrected chi connectivity index (χ4v) is 2.68. The highest BCUT2D eigenvalue weighted by Gasteiger charge is 2.19. The summed E-state index contributed by atoms with van der Waals surface area (Å²) in [5, 5.41) is 0. The number of benzene rings is 1. The molecular formula is C11H14N4O3S. The van der Waals surface area contributed by atoms with Gasteiger partial charge in [0, 0.05) is 24.1 Å². The zero-order valence-electron chi connectivity index (χ0n) is 10.3. The summed E-state index contributed by atoms with van der Waals surface area (Å²) in [7, 11) is -2.30. The van der Waals surface area contributed by atoms with Gasteiger partial charge in [-0.2, -0.15) is 0 Å². The third-order valence-corrected chi connectivity index (χ3v) is 3.90. The lowest BCUT2D eigenvalue weighted by atomic mass is 10.3. The molecule has 19 heavy (non-hydrogen) atoms. The predicted octanol–water partition coefficient (Wildman–Crippen LogP) is 0.479. The van der Waals surface area contributed by atoms with Crippen molar-refractivity contribution in [3.05, 3.63) is 36.4 Å². The molecule has 0 radical (unpaired) electrons. The number of sulfonamides is 1. The van der Waals surface area contributed by atoms with E-state index in [1.165, 1.54) is 25.3 Å². The molecule has 0 fully saturated rings. The minimum Gasteiger partial charge on any atom is -0.495 e. The first-order chi connectivity index (χ1) is 9.03. The molecule has 2 aromatic rings. The maximum atomic E-state index is 12.1. The number of nitrogens with zero attached hydrogens (tertiary/aromatic N) is 1. The van der Waals surface area contributed by atoms with Crippen molar-refractivity contribution in [1.29, 1.82) is 0 Å². The maximum absolute atomic E-state index is 12.1. The average Bonchev–Trinajstić information content (AvgIpc) is 2.89. The highest BCUT2D eigenvalue weighted by atomic mass is 32.2. The predicted molar refractivity (Wildman–Crippen MR) is 70.0 cm³/mol. The average molecular weight is 282 g/mol. The van der Waals surface area contributed by atoms with Gasteiger partial charge in [0.1, 0.15) is 16.5 Å². The molecule has 7 nitrogen and oxygen atoms in total. The van der Waals surface area contributed by atoms with Gasteiger partial charge in [-0.05, 0) is 12.1 Å². The fraction of sp³-hybridized carbons (Fsp3) is 0.182. The molecule has 0 aliphatic carbocycles. The molecule has 0 atom stereocenters. The SMILES string of the molecule is COc1cc(N)ccc1S(=O)(=O)NCc1ncc[nH]1. The van der Waals surface area contributed by atoms with Gasteiger partial charge in [0.05, 0.1) is 13.7 Å². The maximum Gasteiger partial charge on any atom is 0.244 e. The summed E-state index contributed by atoms with van der Waals surface area (Å²) < 4.78 is 31.7. The number of ether oxygens (including phenoxy) is 1. The Morgan fingerprint density at radius 1 is 1.47 bits per heavy atom. The Bertz CT molecular complexity index is 653. The standard InChI is InChI=1S/C11H14N4O3S/c1-18-9-6-8(12)2-3-10(9)19(16,17)15-7-11-13-4-5-14-11/h2-6,15H,7,12H2,1H3,(H,13,14). The Labute approximate surface area is 110 Å². The Morgan fingerprint density at radius 3 is 2.89 bits per heavy atom. The summed E-state index contributed by atoms with van der Waals surface area (Å²) in [6.45, 7) is 0.0723. The van der Waals surface area contributed by atoms with Crippen LogP contribution in [0.2, 0.25) is 0 Å². The van der Waals surface area contributed by atoms with Crippen LogP contribution in [0.1, 0.15) is 5.82 Å². The molecule has 0 spiro atoms. The van der Waals surface area contributed by atoms with E-state index in [4.69, 9.17) is 10.5 Å². The topological polar surface area (TPSA) is 110 Å². The van der Waals surface area contributed by atoms with E-state index in [9.17, 15) is 8.42 Å². The molecule has 0 unspecified atom stereocenters. The number of aromatic nitrogens is 2.